The Labute approximate surface area is 101 Å². The quantitative estimate of drug-likeness (QED) is 0.634. The van der Waals surface area contributed by atoms with Gasteiger partial charge in [0.2, 0.25) is 0 Å². The summed E-state index contributed by atoms with van der Waals surface area (Å²) >= 11 is 0. The van der Waals surface area contributed by atoms with Crippen molar-refractivity contribution < 1.29 is 40.6 Å². The van der Waals surface area contributed by atoms with Gasteiger partial charge in [0.1, 0.15) is 11.3 Å². The van der Waals surface area contributed by atoms with E-state index in [1.807, 2.05) is 0 Å². The van der Waals surface area contributed by atoms with Crippen LogP contribution in [0.3, 0.4) is 0 Å². The lowest BCUT2D eigenvalue weighted by atomic mass is 10.1. The van der Waals surface area contributed by atoms with Crippen LogP contribution in [0.15, 0.2) is 6.20 Å². The predicted molar refractivity (Wildman–Crippen MR) is 47.9 cm³/mol. The number of ether oxygens (including phenoxy) is 2. The fourth-order valence-electron chi connectivity index (χ4n) is 1.22. The van der Waals surface area contributed by atoms with Crippen LogP contribution in [0.1, 0.15) is 16.1 Å². The molecule has 1 aromatic heterocycles. The monoisotopic (exact) mass is 289 g/mol. The molecule has 1 rings (SSSR count). The minimum absolute atomic E-state index is 0.282. The number of carbonyl (C=O) groups excluding carboxylic acids is 1. The van der Waals surface area contributed by atoms with E-state index >= 15 is 0 Å². The molecule has 1 aromatic rings. The molecule has 0 spiro atoms. The smallest absolute Gasteiger partial charge is 0.494 e. The number of methoxy groups -OCH3 is 1. The lowest BCUT2D eigenvalue weighted by molar-refractivity contribution is -0.276. The highest BCUT2D eigenvalue weighted by Crippen LogP contribution is 2.44. The second-order valence-corrected chi connectivity index (χ2v) is 3.08. The van der Waals surface area contributed by atoms with Gasteiger partial charge < -0.3 is 9.47 Å². The van der Waals surface area contributed by atoms with Crippen molar-refractivity contribution in [2.24, 2.45) is 0 Å². The summed E-state index contributed by atoms with van der Waals surface area (Å²) in [7, 11) is 0.810. The molecule has 106 valence electrons. The molecule has 0 radical (unpaired) electrons. The minimum Gasteiger partial charge on any atom is -0.494 e. The number of hydrogen-bond donors (Lipinski definition) is 0. The summed E-state index contributed by atoms with van der Waals surface area (Å²) in [4.78, 5) is 13.6. The molecule has 1 heterocycles. The summed E-state index contributed by atoms with van der Waals surface area (Å²) < 4.78 is 81.9. The van der Waals surface area contributed by atoms with Gasteiger partial charge in [-0.15, -0.1) is 13.2 Å². The molecule has 0 aliphatic carbocycles. The maximum absolute atomic E-state index is 12.7. The average Bonchev–Trinajstić information content (AvgIpc) is 2.24. The van der Waals surface area contributed by atoms with Crippen LogP contribution in [0.25, 0.3) is 0 Å². The van der Waals surface area contributed by atoms with Crippen LogP contribution in [0.5, 0.6) is 11.5 Å². The third-order valence-corrected chi connectivity index (χ3v) is 1.86. The van der Waals surface area contributed by atoms with Gasteiger partial charge in [0, 0.05) is 0 Å². The number of hydrogen-bond acceptors (Lipinski definition) is 4. The Bertz CT molecular complexity index is 482. The maximum Gasteiger partial charge on any atom is 0.573 e. The number of rotatable bonds is 3. The lowest BCUT2D eigenvalue weighted by Gasteiger charge is -2.18. The van der Waals surface area contributed by atoms with Crippen molar-refractivity contribution >= 4 is 6.29 Å². The number of halogens is 6. The van der Waals surface area contributed by atoms with Crippen LogP contribution < -0.4 is 9.47 Å². The second-order valence-electron chi connectivity index (χ2n) is 3.08. The molecule has 19 heavy (non-hydrogen) atoms. The Balaban J connectivity index is 3.57. The van der Waals surface area contributed by atoms with E-state index in [-0.39, 0.29) is 6.29 Å². The van der Waals surface area contributed by atoms with Crippen LogP contribution in [-0.4, -0.2) is 24.7 Å². The number of aromatic nitrogens is 1. The number of pyridine rings is 1. The average molecular weight is 289 g/mol. The third-order valence-electron chi connectivity index (χ3n) is 1.86. The first kappa shape index (κ1) is 15.1. The highest BCUT2D eigenvalue weighted by Gasteiger charge is 2.44. The number of carbonyl (C=O) groups is 1. The number of aldehydes is 1. The van der Waals surface area contributed by atoms with Crippen LogP contribution in [0.4, 0.5) is 26.3 Å². The molecular weight excluding hydrogens is 284 g/mol. The molecule has 4 nitrogen and oxygen atoms in total. The van der Waals surface area contributed by atoms with Gasteiger partial charge in [0.15, 0.2) is 17.8 Å². The lowest BCUT2D eigenvalue weighted by Crippen LogP contribution is -2.22. The number of nitrogens with zero attached hydrogens (tertiary/aromatic N) is 1. The van der Waals surface area contributed by atoms with E-state index in [1.54, 1.807) is 0 Å². The molecule has 0 aliphatic heterocycles. The molecular formula is C9H5F6NO3. The standard InChI is InChI=1S/C9H5F6NO3/c1-18-5-2-16-4(3-17)7(19-9(13,14)15)6(5)8(10,11)12/h2-3H,1H3. The highest BCUT2D eigenvalue weighted by molar-refractivity contribution is 5.78. The van der Waals surface area contributed by atoms with Crippen molar-refractivity contribution in [2.45, 2.75) is 12.5 Å². The number of alkyl halides is 6. The van der Waals surface area contributed by atoms with Crippen molar-refractivity contribution in [1.29, 1.82) is 0 Å². The summed E-state index contributed by atoms with van der Waals surface area (Å²) in [5.41, 5.74) is -2.99. The molecule has 0 bridgehead atoms. The zero-order valence-electron chi connectivity index (χ0n) is 9.09. The van der Waals surface area contributed by atoms with Crippen molar-refractivity contribution in [3.05, 3.63) is 17.5 Å². The van der Waals surface area contributed by atoms with Crippen LogP contribution >= 0.6 is 0 Å². The fourth-order valence-corrected chi connectivity index (χ4v) is 1.22. The van der Waals surface area contributed by atoms with Crippen LogP contribution in [0.2, 0.25) is 0 Å². The van der Waals surface area contributed by atoms with Gasteiger partial charge >= 0.3 is 12.5 Å². The van der Waals surface area contributed by atoms with E-state index < -0.39 is 35.3 Å². The summed E-state index contributed by atoms with van der Waals surface area (Å²) in [5.74, 6) is -2.73. The van der Waals surface area contributed by atoms with Gasteiger partial charge in [-0.2, -0.15) is 13.2 Å². The minimum atomic E-state index is -5.41. The van der Waals surface area contributed by atoms with Gasteiger partial charge in [-0.3, -0.25) is 4.79 Å². The molecule has 0 unspecified atom stereocenters. The first-order chi connectivity index (χ1) is 8.60. The molecule has 0 saturated heterocycles. The normalized spacial score (nSPS) is 12.2. The van der Waals surface area contributed by atoms with E-state index in [2.05, 4.69) is 14.5 Å². The Hall–Kier alpha value is -2.00. The Morgan fingerprint density at radius 1 is 1.21 bits per heavy atom. The van der Waals surface area contributed by atoms with Crippen molar-refractivity contribution in [2.75, 3.05) is 7.11 Å². The summed E-state index contributed by atoms with van der Waals surface area (Å²) in [6.45, 7) is 0. The van der Waals surface area contributed by atoms with E-state index in [9.17, 15) is 31.1 Å². The first-order valence-electron chi connectivity index (χ1n) is 4.45. The van der Waals surface area contributed by atoms with E-state index in [0.717, 1.165) is 7.11 Å². The highest BCUT2D eigenvalue weighted by atomic mass is 19.4. The third kappa shape index (κ3) is 3.48. The van der Waals surface area contributed by atoms with Gasteiger partial charge in [-0.25, -0.2) is 4.98 Å². The van der Waals surface area contributed by atoms with Crippen molar-refractivity contribution in [3.8, 4) is 11.5 Å². The Kier molecular flexibility index (Phi) is 3.91. The maximum atomic E-state index is 12.7. The van der Waals surface area contributed by atoms with E-state index in [1.165, 1.54) is 0 Å². The van der Waals surface area contributed by atoms with Gasteiger partial charge in [-0.1, -0.05) is 0 Å². The molecule has 0 aromatic carbocycles. The SMILES string of the molecule is COc1cnc(C=O)c(OC(F)(F)F)c1C(F)(F)F. The Morgan fingerprint density at radius 3 is 2.16 bits per heavy atom. The zero-order chi connectivity index (χ0) is 14.8. The largest absolute Gasteiger partial charge is 0.573 e. The van der Waals surface area contributed by atoms with E-state index in [4.69, 9.17) is 0 Å². The molecule has 0 amide bonds. The van der Waals surface area contributed by atoms with E-state index in [0.29, 0.717) is 6.20 Å². The van der Waals surface area contributed by atoms with Crippen LogP contribution in [0, 0.1) is 0 Å². The fraction of sp³-hybridized carbons (Fsp3) is 0.333. The molecule has 0 atom stereocenters. The summed E-state index contributed by atoms with van der Waals surface area (Å²) in [5, 5.41) is 0. The summed E-state index contributed by atoms with van der Waals surface area (Å²) in [6, 6.07) is 0. The topological polar surface area (TPSA) is 48.4 Å². The van der Waals surface area contributed by atoms with Gasteiger partial charge in [0.05, 0.1) is 13.3 Å². The molecule has 10 heteroatoms. The van der Waals surface area contributed by atoms with Gasteiger partial charge in [-0.05, 0) is 0 Å². The van der Waals surface area contributed by atoms with Crippen molar-refractivity contribution in [3.63, 3.8) is 0 Å². The van der Waals surface area contributed by atoms with Crippen LogP contribution in [-0.2, 0) is 6.18 Å². The molecule has 0 saturated carbocycles. The predicted octanol–water partition coefficient (Wildman–Crippen LogP) is 2.82. The molecule has 0 N–H and O–H groups in total. The first-order valence-corrected chi connectivity index (χ1v) is 4.45. The van der Waals surface area contributed by atoms with Crippen molar-refractivity contribution in [1.82, 2.24) is 4.98 Å². The molecule has 0 aliphatic rings. The van der Waals surface area contributed by atoms with Gasteiger partial charge in [0.25, 0.3) is 0 Å². The Morgan fingerprint density at radius 2 is 1.79 bits per heavy atom. The molecule has 0 fully saturated rings. The second kappa shape index (κ2) is 4.94. The summed E-state index contributed by atoms with van der Waals surface area (Å²) in [6.07, 6.45) is -10.4. The zero-order valence-corrected chi connectivity index (χ0v) is 9.09.